The van der Waals surface area contributed by atoms with Gasteiger partial charge in [-0.25, -0.2) is 0 Å². The Morgan fingerprint density at radius 3 is 2.64 bits per heavy atom. The van der Waals surface area contributed by atoms with Crippen LogP contribution >= 0.6 is 11.6 Å². The molecule has 0 aliphatic heterocycles. The van der Waals surface area contributed by atoms with Crippen molar-refractivity contribution in [2.75, 3.05) is 0 Å². The van der Waals surface area contributed by atoms with Crippen molar-refractivity contribution in [1.82, 2.24) is 20.1 Å². The van der Waals surface area contributed by atoms with E-state index < -0.39 is 0 Å². The molecule has 2 heterocycles. The van der Waals surface area contributed by atoms with E-state index in [0.29, 0.717) is 17.6 Å². The van der Waals surface area contributed by atoms with Crippen LogP contribution in [0.1, 0.15) is 43.0 Å². The Kier molecular flexibility index (Phi) is 5.72. The van der Waals surface area contributed by atoms with Gasteiger partial charge in [-0.3, -0.25) is 14.5 Å². The topological polar surface area (TPSA) is 59.8 Å². The smallest absolute Gasteiger partial charge is 0.224 e. The van der Waals surface area contributed by atoms with Crippen molar-refractivity contribution < 1.29 is 4.79 Å². The second-order valence-corrected chi connectivity index (χ2v) is 7.59. The van der Waals surface area contributed by atoms with E-state index in [0.717, 1.165) is 35.4 Å². The van der Waals surface area contributed by atoms with Crippen LogP contribution < -0.4 is 5.32 Å². The summed E-state index contributed by atoms with van der Waals surface area (Å²) >= 11 is 6.15. The van der Waals surface area contributed by atoms with Gasteiger partial charge in [0.2, 0.25) is 5.91 Å². The second-order valence-electron chi connectivity index (χ2n) is 7.18. The largest absolute Gasteiger partial charge is 0.350 e. The maximum Gasteiger partial charge on any atom is 0.224 e. The molecule has 4 rings (SSSR count). The molecular weight excluding hydrogens is 372 g/mol. The molecule has 0 bridgehead atoms. The monoisotopic (exact) mass is 394 g/mol. The molecule has 28 heavy (non-hydrogen) atoms. The van der Waals surface area contributed by atoms with Crippen molar-refractivity contribution >= 4 is 17.5 Å². The van der Waals surface area contributed by atoms with E-state index in [1.807, 2.05) is 30.3 Å². The molecular formula is C22H23ClN4O. The van der Waals surface area contributed by atoms with Gasteiger partial charge in [0.05, 0.1) is 30.4 Å². The third-order valence-electron chi connectivity index (χ3n) is 5.21. The Morgan fingerprint density at radius 1 is 1.14 bits per heavy atom. The van der Waals surface area contributed by atoms with Crippen molar-refractivity contribution in [1.29, 1.82) is 0 Å². The molecule has 1 N–H and O–H groups in total. The van der Waals surface area contributed by atoms with Gasteiger partial charge in [-0.05, 0) is 42.7 Å². The molecule has 1 aliphatic carbocycles. The van der Waals surface area contributed by atoms with Crippen LogP contribution in [0.15, 0.2) is 54.9 Å². The number of pyridine rings is 1. The number of benzene rings is 1. The fourth-order valence-electron chi connectivity index (χ4n) is 3.76. The van der Waals surface area contributed by atoms with E-state index in [1.54, 1.807) is 18.5 Å². The number of hydrogen-bond acceptors (Lipinski definition) is 3. The number of halogens is 1. The fraction of sp³-hybridized carbons (Fsp3) is 0.318. The lowest BCUT2D eigenvalue weighted by Gasteiger charge is -2.14. The normalized spacial score (nSPS) is 14.3. The van der Waals surface area contributed by atoms with Crippen LogP contribution in [0, 0.1) is 0 Å². The minimum atomic E-state index is -0.0611. The lowest BCUT2D eigenvalue weighted by Crippen LogP contribution is -2.25. The summed E-state index contributed by atoms with van der Waals surface area (Å²) in [6, 6.07) is 13.9. The molecule has 0 saturated heterocycles. The van der Waals surface area contributed by atoms with Crippen LogP contribution in [0.5, 0.6) is 0 Å². The molecule has 1 aliphatic rings. The van der Waals surface area contributed by atoms with Gasteiger partial charge < -0.3 is 5.32 Å². The number of carbonyl (C=O) groups is 1. The minimum Gasteiger partial charge on any atom is -0.350 e. The number of carbonyl (C=O) groups excluding carboxylic acids is 1. The highest BCUT2D eigenvalue weighted by Crippen LogP contribution is 2.33. The summed E-state index contributed by atoms with van der Waals surface area (Å²) in [5.41, 5.74) is 3.88. The maximum absolute atomic E-state index is 12.3. The zero-order valence-corrected chi connectivity index (χ0v) is 16.4. The molecule has 5 nitrogen and oxygen atoms in total. The molecule has 0 spiro atoms. The van der Waals surface area contributed by atoms with E-state index in [4.69, 9.17) is 16.7 Å². The van der Waals surface area contributed by atoms with E-state index in [9.17, 15) is 4.79 Å². The van der Waals surface area contributed by atoms with Gasteiger partial charge >= 0.3 is 0 Å². The molecule has 1 amide bonds. The highest BCUT2D eigenvalue weighted by Gasteiger charge is 2.22. The van der Waals surface area contributed by atoms with Crippen LogP contribution in [0.2, 0.25) is 5.02 Å². The molecule has 144 valence electrons. The van der Waals surface area contributed by atoms with E-state index >= 15 is 0 Å². The summed E-state index contributed by atoms with van der Waals surface area (Å²) < 4.78 is 2.14. The Balaban J connectivity index is 1.49. The predicted octanol–water partition coefficient (Wildman–Crippen LogP) is 4.57. The number of aromatic nitrogens is 3. The highest BCUT2D eigenvalue weighted by molar-refractivity contribution is 6.31. The van der Waals surface area contributed by atoms with E-state index in [-0.39, 0.29) is 12.3 Å². The number of hydrogen-bond donors (Lipinski definition) is 1. The summed E-state index contributed by atoms with van der Waals surface area (Å²) in [6.45, 7) is 0.404. The molecule has 6 heteroatoms. The number of nitrogens with one attached hydrogen (secondary N) is 1. The SMILES string of the molecule is O=C(Cc1ccccc1Cl)NCc1cc(-c2ccncc2)n(C2CCCC2)n1. The molecule has 3 aromatic rings. The summed E-state index contributed by atoms with van der Waals surface area (Å²) in [5, 5.41) is 8.41. The zero-order valence-electron chi connectivity index (χ0n) is 15.6. The minimum absolute atomic E-state index is 0.0611. The van der Waals surface area contributed by atoms with Crippen molar-refractivity contribution in [3.05, 3.63) is 71.1 Å². The average Bonchev–Trinajstić information content (AvgIpc) is 3.38. The Morgan fingerprint density at radius 2 is 1.89 bits per heavy atom. The third-order valence-corrected chi connectivity index (χ3v) is 5.58. The second kappa shape index (κ2) is 8.57. The molecule has 1 aromatic carbocycles. The average molecular weight is 395 g/mol. The summed E-state index contributed by atoms with van der Waals surface area (Å²) in [7, 11) is 0. The Hall–Kier alpha value is -2.66. The third kappa shape index (κ3) is 4.25. The first-order valence-corrected chi connectivity index (χ1v) is 10.1. The van der Waals surface area contributed by atoms with E-state index in [2.05, 4.69) is 21.0 Å². The van der Waals surface area contributed by atoms with Crippen LogP contribution in [0.4, 0.5) is 0 Å². The Bertz CT molecular complexity index is 948. The van der Waals surface area contributed by atoms with Gasteiger partial charge in [-0.2, -0.15) is 5.10 Å². The van der Waals surface area contributed by atoms with Crippen molar-refractivity contribution in [2.24, 2.45) is 0 Å². The van der Waals surface area contributed by atoms with Crippen molar-refractivity contribution in [2.45, 2.75) is 44.7 Å². The van der Waals surface area contributed by atoms with Gasteiger partial charge in [-0.15, -0.1) is 0 Å². The van der Waals surface area contributed by atoms with Crippen LogP contribution in [0.3, 0.4) is 0 Å². The van der Waals surface area contributed by atoms with Crippen molar-refractivity contribution in [3.8, 4) is 11.3 Å². The quantitative estimate of drug-likeness (QED) is 0.666. The molecule has 0 radical (unpaired) electrons. The first-order chi connectivity index (χ1) is 13.7. The van der Waals surface area contributed by atoms with Gasteiger partial charge in [-0.1, -0.05) is 42.6 Å². The first-order valence-electron chi connectivity index (χ1n) is 9.69. The van der Waals surface area contributed by atoms with Crippen LogP contribution in [-0.2, 0) is 17.8 Å². The highest BCUT2D eigenvalue weighted by atomic mass is 35.5. The van der Waals surface area contributed by atoms with Crippen LogP contribution in [-0.4, -0.2) is 20.7 Å². The lowest BCUT2D eigenvalue weighted by atomic mass is 10.1. The molecule has 1 saturated carbocycles. The fourth-order valence-corrected chi connectivity index (χ4v) is 3.97. The Labute approximate surface area is 169 Å². The number of nitrogens with zero attached hydrogens (tertiary/aromatic N) is 3. The standard InChI is InChI=1S/C22H23ClN4O/c23-20-8-4-1-5-17(20)13-22(28)25-15-18-14-21(16-9-11-24-12-10-16)27(26-18)19-6-2-3-7-19/h1,4-5,8-12,14,19H,2-3,6-7,13,15H2,(H,25,28). The van der Waals surface area contributed by atoms with Gasteiger partial charge in [0, 0.05) is 23.0 Å². The summed E-state index contributed by atoms with van der Waals surface area (Å²) in [4.78, 5) is 16.5. The van der Waals surface area contributed by atoms with Gasteiger partial charge in [0.1, 0.15) is 0 Å². The molecule has 0 unspecified atom stereocenters. The lowest BCUT2D eigenvalue weighted by molar-refractivity contribution is -0.120. The summed E-state index contributed by atoms with van der Waals surface area (Å²) in [5.74, 6) is -0.0611. The maximum atomic E-state index is 12.3. The summed E-state index contributed by atoms with van der Waals surface area (Å²) in [6.07, 6.45) is 8.64. The van der Waals surface area contributed by atoms with Crippen molar-refractivity contribution in [3.63, 3.8) is 0 Å². The van der Waals surface area contributed by atoms with Gasteiger partial charge in [0.15, 0.2) is 0 Å². The number of amides is 1. The number of rotatable bonds is 6. The molecule has 1 fully saturated rings. The van der Waals surface area contributed by atoms with Gasteiger partial charge in [0.25, 0.3) is 0 Å². The first kappa shape index (κ1) is 18.7. The molecule has 2 aromatic heterocycles. The zero-order chi connectivity index (χ0) is 19.3. The van der Waals surface area contributed by atoms with Crippen LogP contribution in [0.25, 0.3) is 11.3 Å². The van der Waals surface area contributed by atoms with E-state index in [1.165, 1.54) is 12.8 Å². The predicted molar refractivity (Wildman–Crippen MR) is 110 cm³/mol. The molecule has 0 atom stereocenters.